The molecule has 3 aliphatic rings. The normalized spacial score (nSPS) is 22.0. The Bertz CT molecular complexity index is 1460. The highest BCUT2D eigenvalue weighted by molar-refractivity contribution is 6.05. The Hall–Kier alpha value is -4.17. The van der Waals surface area contributed by atoms with Crippen molar-refractivity contribution in [1.29, 1.82) is 0 Å². The minimum absolute atomic E-state index is 0.00645. The molecule has 41 heavy (non-hydrogen) atoms. The molecule has 1 saturated heterocycles. The molecule has 3 aromatic rings. The van der Waals surface area contributed by atoms with Crippen LogP contribution < -0.4 is 15.4 Å². The van der Waals surface area contributed by atoms with Gasteiger partial charge >= 0.3 is 0 Å². The summed E-state index contributed by atoms with van der Waals surface area (Å²) in [5, 5.41) is 6.07. The van der Waals surface area contributed by atoms with Gasteiger partial charge in [-0.25, -0.2) is 0 Å². The molecule has 212 valence electrons. The number of nitrogens with zero attached hydrogens (tertiary/aromatic N) is 1. The number of carbonyl (C=O) groups excluding carboxylic acids is 3. The Balaban J connectivity index is 1.08. The monoisotopic (exact) mass is 553 g/mol. The molecule has 0 aromatic heterocycles. The number of fused-ring (bicyclic) bond motifs is 3. The number of nitrogens with one attached hydrogen (secondary N) is 2. The number of ether oxygens (including phenoxy) is 2. The van der Waals surface area contributed by atoms with Crippen molar-refractivity contribution in [3.8, 4) is 5.75 Å². The number of carbonyl (C=O) groups is 3. The molecule has 8 heteroatoms. The lowest BCUT2D eigenvalue weighted by Gasteiger charge is -2.42. The number of likely N-dealkylation sites (N-methyl/N-ethyl adjacent to an activating group) is 1. The third-order valence-corrected chi connectivity index (χ3v) is 8.38. The van der Waals surface area contributed by atoms with E-state index >= 15 is 0 Å². The number of benzene rings is 3. The van der Waals surface area contributed by atoms with Gasteiger partial charge < -0.3 is 25.0 Å². The van der Waals surface area contributed by atoms with Crippen molar-refractivity contribution in [3.63, 3.8) is 0 Å². The molecule has 1 fully saturated rings. The van der Waals surface area contributed by atoms with Gasteiger partial charge in [0, 0.05) is 24.3 Å². The van der Waals surface area contributed by atoms with E-state index < -0.39 is 0 Å². The van der Waals surface area contributed by atoms with Crippen LogP contribution in [0.25, 0.3) is 0 Å². The molecular weight excluding hydrogens is 518 g/mol. The highest BCUT2D eigenvalue weighted by atomic mass is 16.5. The van der Waals surface area contributed by atoms with Crippen molar-refractivity contribution >= 4 is 23.4 Å². The van der Waals surface area contributed by atoms with E-state index in [1.807, 2.05) is 37.3 Å². The molecule has 3 atom stereocenters. The zero-order valence-corrected chi connectivity index (χ0v) is 23.4. The molecule has 0 saturated carbocycles. The van der Waals surface area contributed by atoms with E-state index in [1.54, 1.807) is 36.2 Å². The smallest absolute Gasteiger partial charge is 0.257 e. The van der Waals surface area contributed by atoms with Gasteiger partial charge in [-0.05, 0) is 74.1 Å². The van der Waals surface area contributed by atoms with Crippen LogP contribution >= 0.6 is 0 Å². The van der Waals surface area contributed by atoms with E-state index in [4.69, 9.17) is 9.47 Å². The first-order valence-corrected chi connectivity index (χ1v) is 14.3. The first-order valence-electron chi connectivity index (χ1n) is 14.3. The number of anilines is 1. The summed E-state index contributed by atoms with van der Waals surface area (Å²) in [5.74, 6) is 0.00242. The Morgan fingerprint density at radius 3 is 2.51 bits per heavy atom. The van der Waals surface area contributed by atoms with Crippen LogP contribution in [0.4, 0.5) is 5.69 Å². The molecule has 2 aliphatic heterocycles. The fourth-order valence-electron chi connectivity index (χ4n) is 6.25. The zero-order valence-electron chi connectivity index (χ0n) is 23.4. The van der Waals surface area contributed by atoms with Gasteiger partial charge in [0.05, 0.1) is 24.1 Å². The van der Waals surface area contributed by atoms with Crippen LogP contribution in [0.3, 0.4) is 0 Å². The van der Waals surface area contributed by atoms with E-state index in [-0.39, 0.29) is 55.0 Å². The molecule has 2 heterocycles. The van der Waals surface area contributed by atoms with Crippen molar-refractivity contribution < 1.29 is 23.9 Å². The minimum Gasteiger partial charge on any atom is -0.490 e. The lowest BCUT2D eigenvalue weighted by molar-refractivity contribution is -0.134. The van der Waals surface area contributed by atoms with Crippen molar-refractivity contribution in [2.24, 2.45) is 0 Å². The second-order valence-electron chi connectivity index (χ2n) is 11.3. The van der Waals surface area contributed by atoms with Gasteiger partial charge in [0.1, 0.15) is 18.5 Å². The Labute approximate surface area is 240 Å². The Morgan fingerprint density at radius 1 is 0.976 bits per heavy atom. The van der Waals surface area contributed by atoms with E-state index in [9.17, 15) is 14.4 Å². The first kappa shape index (κ1) is 27.0. The highest BCUT2D eigenvalue weighted by Gasteiger charge is 2.39. The van der Waals surface area contributed by atoms with E-state index in [0.29, 0.717) is 35.4 Å². The molecule has 0 radical (unpaired) electrons. The second-order valence-corrected chi connectivity index (χ2v) is 11.3. The highest BCUT2D eigenvalue weighted by Crippen LogP contribution is 2.33. The SMILES string of the molecule is Cc1cccc(C(=O)Nc2ccc3c(c2)C(=O)N(C)[C@H]2CC[C@@H](CC(=O)NC4Cc5ccccc5C4)O[C@H]2CO3)c1. The minimum atomic E-state index is -0.347. The van der Waals surface area contributed by atoms with Crippen LogP contribution in [-0.2, 0) is 22.4 Å². The van der Waals surface area contributed by atoms with Gasteiger partial charge in [0.2, 0.25) is 5.91 Å². The average molecular weight is 554 g/mol. The predicted molar refractivity (Wildman–Crippen MR) is 155 cm³/mol. The third-order valence-electron chi connectivity index (χ3n) is 8.38. The van der Waals surface area contributed by atoms with Crippen molar-refractivity contribution in [1.82, 2.24) is 10.2 Å². The van der Waals surface area contributed by atoms with E-state index in [2.05, 4.69) is 22.8 Å². The fourth-order valence-corrected chi connectivity index (χ4v) is 6.25. The summed E-state index contributed by atoms with van der Waals surface area (Å²) < 4.78 is 12.4. The maximum absolute atomic E-state index is 13.6. The van der Waals surface area contributed by atoms with Crippen LogP contribution in [0.1, 0.15) is 56.7 Å². The van der Waals surface area contributed by atoms with E-state index in [1.165, 1.54) is 11.1 Å². The topological polar surface area (TPSA) is 97.0 Å². The first-order chi connectivity index (χ1) is 19.8. The van der Waals surface area contributed by atoms with Crippen molar-refractivity contribution in [2.45, 2.75) is 63.3 Å². The summed E-state index contributed by atoms with van der Waals surface area (Å²) in [6.07, 6.45) is 2.81. The van der Waals surface area contributed by atoms with Gasteiger partial charge in [-0.3, -0.25) is 14.4 Å². The van der Waals surface area contributed by atoms with Gasteiger partial charge in [0.25, 0.3) is 11.8 Å². The third kappa shape index (κ3) is 5.84. The van der Waals surface area contributed by atoms with Crippen molar-refractivity contribution in [3.05, 3.63) is 94.5 Å². The molecule has 2 N–H and O–H groups in total. The molecule has 6 rings (SSSR count). The second kappa shape index (κ2) is 11.4. The number of amides is 3. The number of hydrogen-bond donors (Lipinski definition) is 2. The standard InChI is InChI=1S/C33H35N3O5/c1-20-6-5-9-23(14-20)32(38)35-24-10-13-29-27(17-24)33(39)36(2)28-12-11-26(41-30(28)19-40-29)18-31(37)34-25-15-21-7-3-4-8-22(21)16-25/h3-10,13-14,17,25-26,28,30H,11-12,15-16,18-19H2,1-2H3,(H,34,37)(H,35,38)/t26-,28-,30-/m0/s1. The van der Waals surface area contributed by atoms with Gasteiger partial charge in [-0.1, -0.05) is 42.0 Å². The summed E-state index contributed by atoms with van der Waals surface area (Å²) in [7, 11) is 1.78. The van der Waals surface area contributed by atoms with Crippen LogP contribution in [0.2, 0.25) is 0 Å². The summed E-state index contributed by atoms with van der Waals surface area (Å²) in [6, 6.07) is 20.7. The fraction of sp³-hybridized carbons (Fsp3) is 0.364. The molecule has 1 aliphatic carbocycles. The Kier molecular flexibility index (Phi) is 7.49. The van der Waals surface area contributed by atoms with Crippen LogP contribution in [0.15, 0.2) is 66.7 Å². The maximum atomic E-state index is 13.6. The summed E-state index contributed by atoms with van der Waals surface area (Å²) in [6.45, 7) is 2.20. The van der Waals surface area contributed by atoms with Gasteiger partial charge in [0.15, 0.2) is 0 Å². The lowest BCUT2D eigenvalue weighted by atomic mass is 9.94. The zero-order chi connectivity index (χ0) is 28.5. The van der Waals surface area contributed by atoms with Gasteiger partial charge in [-0.2, -0.15) is 0 Å². The summed E-state index contributed by atoms with van der Waals surface area (Å²) in [4.78, 5) is 40.9. The van der Waals surface area contributed by atoms with Crippen molar-refractivity contribution in [2.75, 3.05) is 19.0 Å². The maximum Gasteiger partial charge on any atom is 0.257 e. The number of rotatable bonds is 5. The number of aryl methyl sites for hydroxylation is 1. The van der Waals surface area contributed by atoms with Gasteiger partial charge in [-0.15, -0.1) is 0 Å². The lowest BCUT2D eigenvalue weighted by Crippen LogP contribution is -2.54. The summed E-state index contributed by atoms with van der Waals surface area (Å²) in [5.41, 5.74) is 5.06. The van der Waals surface area contributed by atoms with Crippen LogP contribution in [-0.4, -0.2) is 60.6 Å². The molecule has 8 nitrogen and oxygen atoms in total. The number of hydrogen-bond acceptors (Lipinski definition) is 5. The van der Waals surface area contributed by atoms with Crippen LogP contribution in [0.5, 0.6) is 5.75 Å². The predicted octanol–water partition coefficient (Wildman–Crippen LogP) is 4.30. The Morgan fingerprint density at radius 2 is 1.76 bits per heavy atom. The average Bonchev–Trinajstić information content (AvgIpc) is 3.37. The quantitative estimate of drug-likeness (QED) is 0.491. The molecule has 0 bridgehead atoms. The summed E-state index contributed by atoms with van der Waals surface area (Å²) >= 11 is 0. The van der Waals surface area contributed by atoms with E-state index in [0.717, 1.165) is 18.4 Å². The molecular formula is C33H35N3O5. The molecule has 3 aromatic carbocycles. The molecule has 3 amide bonds. The molecule has 0 spiro atoms. The molecule has 0 unspecified atom stereocenters. The van der Waals surface area contributed by atoms with Crippen LogP contribution in [0, 0.1) is 6.92 Å². The largest absolute Gasteiger partial charge is 0.490 e.